The minimum Gasteiger partial charge on any atom is -0.331 e. The SMILES string of the molecule is CC(C)N(CC(=O)Nc1ccc(F)cc1)C(=O)Cc1cccc2ccccc12. The summed E-state index contributed by atoms with van der Waals surface area (Å²) in [6, 6.07) is 19.2. The van der Waals surface area contributed by atoms with Gasteiger partial charge in [-0.25, -0.2) is 4.39 Å². The van der Waals surface area contributed by atoms with Gasteiger partial charge in [0.15, 0.2) is 0 Å². The highest BCUT2D eigenvalue weighted by molar-refractivity contribution is 5.96. The summed E-state index contributed by atoms with van der Waals surface area (Å²) < 4.78 is 13.0. The Bertz CT molecular complexity index is 978. The van der Waals surface area contributed by atoms with E-state index in [-0.39, 0.29) is 36.6 Å². The number of benzene rings is 3. The number of hydrogen-bond donors (Lipinski definition) is 1. The van der Waals surface area contributed by atoms with E-state index in [2.05, 4.69) is 5.32 Å². The lowest BCUT2D eigenvalue weighted by Gasteiger charge is -2.26. The monoisotopic (exact) mass is 378 g/mol. The van der Waals surface area contributed by atoms with Gasteiger partial charge in [0.25, 0.3) is 0 Å². The average molecular weight is 378 g/mol. The Morgan fingerprint density at radius 3 is 2.36 bits per heavy atom. The van der Waals surface area contributed by atoms with Crippen LogP contribution in [-0.2, 0) is 16.0 Å². The van der Waals surface area contributed by atoms with E-state index in [1.54, 1.807) is 4.90 Å². The van der Waals surface area contributed by atoms with Gasteiger partial charge < -0.3 is 10.2 Å². The van der Waals surface area contributed by atoms with Crippen molar-refractivity contribution in [3.8, 4) is 0 Å². The average Bonchev–Trinajstić information content (AvgIpc) is 2.68. The van der Waals surface area contributed by atoms with Crippen molar-refractivity contribution in [3.05, 3.63) is 78.1 Å². The van der Waals surface area contributed by atoms with E-state index in [9.17, 15) is 14.0 Å². The van der Waals surface area contributed by atoms with Crippen molar-refractivity contribution in [2.75, 3.05) is 11.9 Å². The maximum Gasteiger partial charge on any atom is 0.244 e. The molecule has 0 radical (unpaired) electrons. The predicted molar refractivity (Wildman–Crippen MR) is 110 cm³/mol. The number of nitrogens with one attached hydrogen (secondary N) is 1. The maximum absolute atomic E-state index is 13.0. The van der Waals surface area contributed by atoms with Crippen LogP contribution in [0.1, 0.15) is 19.4 Å². The van der Waals surface area contributed by atoms with Crippen LogP contribution in [0, 0.1) is 5.82 Å². The number of halogens is 1. The first-order valence-electron chi connectivity index (χ1n) is 9.25. The molecule has 0 aliphatic carbocycles. The van der Waals surface area contributed by atoms with Crippen LogP contribution in [0.15, 0.2) is 66.7 Å². The number of rotatable bonds is 6. The molecule has 144 valence electrons. The summed E-state index contributed by atoms with van der Waals surface area (Å²) in [5, 5.41) is 4.82. The molecular weight excluding hydrogens is 355 g/mol. The molecule has 1 N–H and O–H groups in total. The molecule has 0 heterocycles. The number of amides is 2. The Morgan fingerprint density at radius 2 is 1.64 bits per heavy atom. The molecule has 0 atom stereocenters. The highest BCUT2D eigenvalue weighted by Crippen LogP contribution is 2.20. The van der Waals surface area contributed by atoms with Gasteiger partial charge in [-0.2, -0.15) is 0 Å². The van der Waals surface area contributed by atoms with Crippen molar-refractivity contribution in [1.82, 2.24) is 4.90 Å². The van der Waals surface area contributed by atoms with Gasteiger partial charge in [0.1, 0.15) is 12.4 Å². The molecule has 0 unspecified atom stereocenters. The predicted octanol–water partition coefficient (Wildman–Crippen LogP) is 4.40. The van der Waals surface area contributed by atoms with Crippen LogP contribution in [0.2, 0.25) is 0 Å². The van der Waals surface area contributed by atoms with Crippen LogP contribution in [0.4, 0.5) is 10.1 Å². The summed E-state index contributed by atoms with van der Waals surface area (Å²) in [4.78, 5) is 26.9. The molecular formula is C23H23FN2O2. The highest BCUT2D eigenvalue weighted by atomic mass is 19.1. The lowest BCUT2D eigenvalue weighted by molar-refractivity contribution is -0.135. The normalized spacial score (nSPS) is 10.9. The molecule has 5 heteroatoms. The van der Waals surface area contributed by atoms with Gasteiger partial charge >= 0.3 is 0 Å². The standard InChI is InChI=1S/C23H23FN2O2/c1-16(2)26(15-22(27)25-20-12-10-19(24)11-13-20)23(28)14-18-8-5-7-17-6-3-4-9-21(17)18/h3-13,16H,14-15H2,1-2H3,(H,25,27). The number of hydrogen-bond acceptors (Lipinski definition) is 2. The minimum atomic E-state index is -0.368. The molecule has 0 aromatic heterocycles. The number of anilines is 1. The molecule has 2 amide bonds. The molecule has 0 saturated carbocycles. The van der Waals surface area contributed by atoms with Crippen molar-refractivity contribution < 1.29 is 14.0 Å². The van der Waals surface area contributed by atoms with Crippen molar-refractivity contribution in [2.45, 2.75) is 26.3 Å². The lowest BCUT2D eigenvalue weighted by atomic mass is 10.0. The number of fused-ring (bicyclic) bond motifs is 1. The Kier molecular flexibility index (Phi) is 6.04. The molecule has 0 saturated heterocycles. The van der Waals surface area contributed by atoms with Gasteiger partial charge in [-0.15, -0.1) is 0 Å². The Labute approximate surface area is 164 Å². The summed E-state index contributed by atoms with van der Waals surface area (Å²) >= 11 is 0. The minimum absolute atomic E-state index is 0.0569. The second-order valence-corrected chi connectivity index (χ2v) is 6.99. The smallest absolute Gasteiger partial charge is 0.244 e. The van der Waals surface area contributed by atoms with Crippen LogP contribution in [0.5, 0.6) is 0 Å². The summed E-state index contributed by atoms with van der Waals surface area (Å²) in [7, 11) is 0. The zero-order chi connectivity index (χ0) is 20.1. The van der Waals surface area contributed by atoms with Crippen LogP contribution in [0.25, 0.3) is 10.8 Å². The number of carbonyl (C=O) groups excluding carboxylic acids is 2. The van der Waals surface area contributed by atoms with Gasteiger partial charge in [0, 0.05) is 11.7 Å². The first-order chi connectivity index (χ1) is 13.4. The van der Waals surface area contributed by atoms with Crippen LogP contribution in [0.3, 0.4) is 0 Å². The molecule has 0 spiro atoms. The summed E-state index contributed by atoms with van der Waals surface area (Å²) in [5.74, 6) is -0.792. The first-order valence-corrected chi connectivity index (χ1v) is 9.25. The molecule has 0 bridgehead atoms. The van der Waals surface area contributed by atoms with E-state index in [0.717, 1.165) is 16.3 Å². The molecule has 3 aromatic carbocycles. The lowest BCUT2D eigenvalue weighted by Crippen LogP contribution is -2.43. The van der Waals surface area contributed by atoms with E-state index >= 15 is 0 Å². The zero-order valence-corrected chi connectivity index (χ0v) is 16.0. The van der Waals surface area contributed by atoms with E-state index < -0.39 is 0 Å². The van der Waals surface area contributed by atoms with E-state index in [4.69, 9.17) is 0 Å². The van der Waals surface area contributed by atoms with Crippen molar-refractivity contribution in [2.24, 2.45) is 0 Å². The highest BCUT2D eigenvalue weighted by Gasteiger charge is 2.21. The molecule has 28 heavy (non-hydrogen) atoms. The van der Waals surface area contributed by atoms with Crippen LogP contribution < -0.4 is 5.32 Å². The Morgan fingerprint density at radius 1 is 0.964 bits per heavy atom. The van der Waals surface area contributed by atoms with E-state index in [1.165, 1.54) is 24.3 Å². The zero-order valence-electron chi connectivity index (χ0n) is 16.0. The largest absolute Gasteiger partial charge is 0.331 e. The van der Waals surface area contributed by atoms with Crippen molar-refractivity contribution in [1.29, 1.82) is 0 Å². The molecule has 3 aromatic rings. The Balaban J connectivity index is 1.71. The molecule has 0 fully saturated rings. The number of carbonyl (C=O) groups is 2. The van der Waals surface area contributed by atoms with E-state index in [0.29, 0.717) is 5.69 Å². The fourth-order valence-corrected chi connectivity index (χ4v) is 3.16. The molecule has 0 aliphatic heterocycles. The second kappa shape index (κ2) is 8.65. The van der Waals surface area contributed by atoms with Gasteiger partial charge in [-0.1, -0.05) is 42.5 Å². The molecule has 3 rings (SSSR count). The van der Waals surface area contributed by atoms with Gasteiger partial charge in [-0.3, -0.25) is 9.59 Å². The fourth-order valence-electron chi connectivity index (χ4n) is 3.16. The van der Waals surface area contributed by atoms with E-state index in [1.807, 2.05) is 56.3 Å². The second-order valence-electron chi connectivity index (χ2n) is 6.99. The van der Waals surface area contributed by atoms with Gasteiger partial charge in [0.05, 0.1) is 6.42 Å². The topological polar surface area (TPSA) is 49.4 Å². The summed E-state index contributed by atoms with van der Waals surface area (Å²) in [6.45, 7) is 3.71. The summed E-state index contributed by atoms with van der Waals surface area (Å²) in [6.07, 6.45) is 0.226. The maximum atomic E-state index is 13.0. The fraction of sp³-hybridized carbons (Fsp3) is 0.217. The van der Waals surface area contributed by atoms with Crippen molar-refractivity contribution >= 4 is 28.3 Å². The number of nitrogens with zero attached hydrogens (tertiary/aromatic N) is 1. The first kappa shape index (κ1) is 19.5. The third kappa shape index (κ3) is 4.74. The van der Waals surface area contributed by atoms with Gasteiger partial charge in [-0.05, 0) is 54.4 Å². The van der Waals surface area contributed by atoms with Crippen LogP contribution >= 0.6 is 0 Å². The van der Waals surface area contributed by atoms with Gasteiger partial charge in [0.2, 0.25) is 11.8 Å². The third-order valence-electron chi connectivity index (χ3n) is 4.61. The quantitative estimate of drug-likeness (QED) is 0.691. The Hall–Kier alpha value is -3.21. The third-order valence-corrected chi connectivity index (χ3v) is 4.61. The summed E-state index contributed by atoms with van der Waals surface area (Å²) in [5.41, 5.74) is 1.43. The van der Waals surface area contributed by atoms with Crippen molar-refractivity contribution in [3.63, 3.8) is 0 Å². The molecule has 4 nitrogen and oxygen atoms in total. The van der Waals surface area contributed by atoms with Crippen LogP contribution in [-0.4, -0.2) is 29.3 Å². The molecule has 0 aliphatic rings.